The molecule has 0 atom stereocenters. The van der Waals surface area contributed by atoms with Crippen LogP contribution in [0.25, 0.3) is 0 Å². The quantitative estimate of drug-likeness (QED) is 0.738. The van der Waals surface area contributed by atoms with Gasteiger partial charge in [-0.2, -0.15) is 0 Å². The van der Waals surface area contributed by atoms with Crippen LogP contribution in [-0.2, 0) is 0 Å². The van der Waals surface area contributed by atoms with E-state index in [9.17, 15) is 9.59 Å². The smallest absolute Gasteiger partial charge is 0.335 e. The van der Waals surface area contributed by atoms with Gasteiger partial charge >= 0.3 is 5.97 Å². The number of carboxylic acid groups (broad SMARTS) is 1. The minimum absolute atomic E-state index is 0.0370. The van der Waals surface area contributed by atoms with Gasteiger partial charge in [-0.05, 0) is 61.4 Å². The van der Waals surface area contributed by atoms with E-state index in [4.69, 9.17) is 5.11 Å². The Kier molecular flexibility index (Phi) is 6.36. The van der Waals surface area contributed by atoms with Crippen molar-refractivity contribution in [2.24, 2.45) is 0 Å². The van der Waals surface area contributed by atoms with E-state index in [0.717, 1.165) is 27.4 Å². The summed E-state index contributed by atoms with van der Waals surface area (Å²) in [6.07, 6.45) is 2.25. The molecule has 3 rings (SSSR count). The van der Waals surface area contributed by atoms with E-state index < -0.39 is 5.97 Å². The van der Waals surface area contributed by atoms with Crippen molar-refractivity contribution in [3.8, 4) is 0 Å². The van der Waals surface area contributed by atoms with Gasteiger partial charge in [0, 0.05) is 20.6 Å². The van der Waals surface area contributed by atoms with Crippen LogP contribution in [0.5, 0.6) is 0 Å². The number of carbonyl (C=O) groups excluding carboxylic acids is 1. The number of nitrogens with one attached hydrogen (secondary N) is 1. The third kappa shape index (κ3) is 6.15. The maximum Gasteiger partial charge on any atom is 0.335 e. The largest absolute Gasteiger partial charge is 0.478 e. The fourth-order valence-corrected chi connectivity index (χ4v) is 2.22. The standard InChI is InChI=1S/C10H10BrNO.C7H5BrO2/c11-8-3-1-7(2-4-8)10(13)12-9-5-6-9;8-6-3-1-5(2-4-6)7(9)10/h1-4,9H,5-6H2,(H,12,13);1-4H,(H,9,10). The van der Waals surface area contributed by atoms with Crippen LogP contribution in [0.2, 0.25) is 0 Å². The van der Waals surface area contributed by atoms with Gasteiger partial charge in [0.1, 0.15) is 0 Å². The van der Waals surface area contributed by atoms with Gasteiger partial charge in [0.05, 0.1) is 5.56 Å². The molecule has 2 N–H and O–H groups in total. The summed E-state index contributed by atoms with van der Waals surface area (Å²) in [5.74, 6) is -0.859. The van der Waals surface area contributed by atoms with E-state index >= 15 is 0 Å². The molecule has 1 fully saturated rings. The molecule has 4 nitrogen and oxygen atoms in total. The number of halogens is 2. The van der Waals surface area contributed by atoms with Crippen LogP contribution in [0, 0.1) is 0 Å². The molecule has 1 saturated carbocycles. The molecule has 0 bridgehead atoms. The molecule has 0 spiro atoms. The lowest BCUT2D eigenvalue weighted by atomic mass is 10.2. The normalized spacial score (nSPS) is 12.8. The summed E-state index contributed by atoms with van der Waals surface area (Å²) in [5, 5.41) is 11.4. The molecule has 23 heavy (non-hydrogen) atoms. The highest BCUT2D eigenvalue weighted by atomic mass is 79.9. The average molecular weight is 441 g/mol. The Morgan fingerprint density at radius 1 is 0.870 bits per heavy atom. The number of hydrogen-bond donors (Lipinski definition) is 2. The number of amides is 1. The van der Waals surface area contributed by atoms with Gasteiger partial charge in [0.25, 0.3) is 5.91 Å². The Hall–Kier alpha value is -1.66. The molecular weight excluding hydrogens is 426 g/mol. The highest BCUT2D eigenvalue weighted by molar-refractivity contribution is 9.10. The molecular formula is C17H15Br2NO3. The molecule has 0 radical (unpaired) electrons. The van der Waals surface area contributed by atoms with Crippen molar-refractivity contribution in [3.63, 3.8) is 0 Å². The summed E-state index contributed by atoms with van der Waals surface area (Å²) in [4.78, 5) is 21.8. The minimum Gasteiger partial charge on any atom is -0.478 e. The Balaban J connectivity index is 0.000000174. The zero-order valence-corrected chi connectivity index (χ0v) is 15.3. The van der Waals surface area contributed by atoms with Gasteiger partial charge < -0.3 is 10.4 Å². The highest BCUT2D eigenvalue weighted by Crippen LogP contribution is 2.19. The van der Waals surface area contributed by atoms with Gasteiger partial charge in [-0.15, -0.1) is 0 Å². The lowest BCUT2D eigenvalue weighted by Crippen LogP contribution is -2.25. The van der Waals surface area contributed by atoms with Crippen molar-refractivity contribution < 1.29 is 14.7 Å². The molecule has 0 saturated heterocycles. The predicted octanol–water partition coefficient (Wildman–Crippen LogP) is 4.49. The molecule has 1 amide bonds. The number of rotatable bonds is 3. The van der Waals surface area contributed by atoms with Crippen LogP contribution in [0.1, 0.15) is 33.6 Å². The lowest BCUT2D eigenvalue weighted by Gasteiger charge is -2.02. The Morgan fingerprint density at radius 2 is 1.30 bits per heavy atom. The lowest BCUT2D eigenvalue weighted by molar-refractivity contribution is 0.0696. The second-order valence-electron chi connectivity index (χ2n) is 5.07. The summed E-state index contributed by atoms with van der Waals surface area (Å²) in [6, 6.07) is 14.3. The summed E-state index contributed by atoms with van der Waals surface area (Å²) >= 11 is 6.53. The number of aromatic carboxylic acids is 1. The molecule has 0 aromatic heterocycles. The third-order valence-electron chi connectivity index (χ3n) is 3.11. The highest BCUT2D eigenvalue weighted by Gasteiger charge is 2.23. The SMILES string of the molecule is O=C(NC1CC1)c1ccc(Br)cc1.O=C(O)c1ccc(Br)cc1. The third-order valence-corrected chi connectivity index (χ3v) is 4.17. The molecule has 1 aliphatic rings. The van der Waals surface area contributed by atoms with E-state index in [0.29, 0.717) is 11.6 Å². The van der Waals surface area contributed by atoms with Crippen LogP contribution < -0.4 is 5.32 Å². The van der Waals surface area contributed by atoms with Crippen molar-refractivity contribution in [3.05, 3.63) is 68.6 Å². The van der Waals surface area contributed by atoms with Crippen molar-refractivity contribution in [1.82, 2.24) is 5.32 Å². The molecule has 120 valence electrons. The number of carboxylic acids is 1. The summed E-state index contributed by atoms with van der Waals surface area (Å²) in [6.45, 7) is 0. The first-order valence-corrected chi connectivity index (χ1v) is 8.59. The molecule has 2 aromatic carbocycles. The van der Waals surface area contributed by atoms with Crippen molar-refractivity contribution in [2.45, 2.75) is 18.9 Å². The predicted molar refractivity (Wildman–Crippen MR) is 95.7 cm³/mol. The van der Waals surface area contributed by atoms with Crippen molar-refractivity contribution >= 4 is 43.7 Å². The zero-order valence-electron chi connectivity index (χ0n) is 12.1. The fraction of sp³-hybridized carbons (Fsp3) is 0.176. The topological polar surface area (TPSA) is 66.4 Å². The van der Waals surface area contributed by atoms with Gasteiger partial charge in [0.15, 0.2) is 0 Å². The molecule has 2 aromatic rings. The van der Waals surface area contributed by atoms with Crippen LogP contribution in [0.4, 0.5) is 0 Å². The fourth-order valence-electron chi connectivity index (χ4n) is 1.69. The van der Waals surface area contributed by atoms with E-state index in [-0.39, 0.29) is 5.91 Å². The van der Waals surface area contributed by atoms with Gasteiger partial charge in [0.2, 0.25) is 0 Å². The number of carbonyl (C=O) groups is 2. The number of hydrogen-bond acceptors (Lipinski definition) is 2. The van der Waals surface area contributed by atoms with Gasteiger partial charge in [-0.25, -0.2) is 4.79 Å². The monoisotopic (exact) mass is 439 g/mol. The summed E-state index contributed by atoms with van der Waals surface area (Å²) in [5.41, 5.74) is 1.04. The molecule has 6 heteroatoms. The Bertz CT molecular complexity index is 680. The average Bonchev–Trinajstić information content (AvgIpc) is 3.33. The first-order chi connectivity index (χ1) is 11.0. The summed E-state index contributed by atoms with van der Waals surface area (Å²) in [7, 11) is 0. The first kappa shape index (κ1) is 17.7. The second kappa shape index (κ2) is 8.26. The van der Waals surface area contributed by atoms with Crippen LogP contribution >= 0.6 is 31.9 Å². The first-order valence-electron chi connectivity index (χ1n) is 7.01. The molecule has 0 unspecified atom stereocenters. The Morgan fingerprint density at radius 3 is 1.70 bits per heavy atom. The van der Waals surface area contributed by atoms with Crippen LogP contribution in [-0.4, -0.2) is 23.0 Å². The second-order valence-corrected chi connectivity index (χ2v) is 6.90. The number of benzene rings is 2. The van der Waals surface area contributed by atoms with Crippen molar-refractivity contribution in [2.75, 3.05) is 0 Å². The van der Waals surface area contributed by atoms with Gasteiger partial charge in [-0.3, -0.25) is 4.79 Å². The van der Waals surface area contributed by atoms with E-state index in [1.807, 2.05) is 24.3 Å². The van der Waals surface area contributed by atoms with Crippen LogP contribution in [0.3, 0.4) is 0 Å². The Labute approximate surface area is 151 Å². The van der Waals surface area contributed by atoms with E-state index in [2.05, 4.69) is 37.2 Å². The van der Waals surface area contributed by atoms with E-state index in [1.165, 1.54) is 0 Å². The van der Waals surface area contributed by atoms with E-state index in [1.54, 1.807) is 24.3 Å². The molecule has 1 aliphatic carbocycles. The minimum atomic E-state index is -0.896. The van der Waals surface area contributed by atoms with Gasteiger partial charge in [-0.1, -0.05) is 31.9 Å². The molecule has 0 aliphatic heterocycles. The maximum absolute atomic E-state index is 11.5. The van der Waals surface area contributed by atoms with Crippen LogP contribution in [0.15, 0.2) is 57.5 Å². The maximum atomic E-state index is 11.5. The van der Waals surface area contributed by atoms with Crippen molar-refractivity contribution in [1.29, 1.82) is 0 Å². The molecule has 0 heterocycles. The summed E-state index contributed by atoms with van der Waals surface area (Å²) < 4.78 is 1.88. The zero-order chi connectivity index (χ0) is 16.8.